The summed E-state index contributed by atoms with van der Waals surface area (Å²) in [6, 6.07) is 9.56. The summed E-state index contributed by atoms with van der Waals surface area (Å²) in [5, 5.41) is 3.15. The van der Waals surface area contributed by atoms with Gasteiger partial charge >= 0.3 is 0 Å². The molecule has 1 N–H and O–H groups in total. The molecule has 0 unspecified atom stereocenters. The fourth-order valence-electron chi connectivity index (χ4n) is 1.58. The number of halogens is 1. The van der Waals surface area contributed by atoms with Crippen LogP contribution >= 0.6 is 11.6 Å². The first kappa shape index (κ1) is 12.6. The zero-order valence-corrected chi connectivity index (χ0v) is 11.0. The Morgan fingerprint density at radius 2 is 2.06 bits per heavy atom. The van der Waals surface area contributed by atoms with E-state index in [1.165, 1.54) is 0 Å². The van der Waals surface area contributed by atoms with Crippen LogP contribution in [0.25, 0.3) is 0 Å². The van der Waals surface area contributed by atoms with Crippen molar-refractivity contribution >= 4 is 23.2 Å². The van der Waals surface area contributed by atoms with Crippen LogP contribution in [0.4, 0.5) is 11.6 Å². The van der Waals surface area contributed by atoms with Gasteiger partial charge in [0.2, 0.25) is 11.8 Å². The highest BCUT2D eigenvalue weighted by atomic mass is 35.5. The van der Waals surface area contributed by atoms with Crippen LogP contribution < -0.4 is 10.1 Å². The molecular formula is C13H14ClN3O. The normalized spacial score (nSPS) is 10.2. The molecule has 0 aliphatic heterocycles. The molecule has 0 spiro atoms. The van der Waals surface area contributed by atoms with Crippen LogP contribution in [0.1, 0.15) is 11.3 Å². The molecule has 0 fully saturated rings. The number of alkyl halides is 1. The molecule has 0 aliphatic rings. The van der Waals surface area contributed by atoms with E-state index in [9.17, 15) is 0 Å². The monoisotopic (exact) mass is 263 g/mol. The lowest BCUT2D eigenvalue weighted by atomic mass is 10.2. The molecule has 0 aliphatic carbocycles. The van der Waals surface area contributed by atoms with Crippen LogP contribution in [-0.2, 0) is 5.88 Å². The van der Waals surface area contributed by atoms with Gasteiger partial charge in [-0.15, -0.1) is 11.6 Å². The van der Waals surface area contributed by atoms with Gasteiger partial charge in [-0.2, -0.15) is 4.98 Å². The van der Waals surface area contributed by atoms with Gasteiger partial charge in [-0.05, 0) is 18.6 Å². The van der Waals surface area contributed by atoms with Crippen molar-refractivity contribution in [3.05, 3.63) is 41.6 Å². The summed E-state index contributed by atoms with van der Waals surface area (Å²) >= 11 is 5.88. The number of ether oxygens (including phenoxy) is 1. The van der Waals surface area contributed by atoms with Gasteiger partial charge in [-0.25, -0.2) is 4.98 Å². The third-order valence-electron chi connectivity index (χ3n) is 2.45. The average molecular weight is 264 g/mol. The van der Waals surface area contributed by atoms with Crippen LogP contribution in [0.3, 0.4) is 0 Å². The van der Waals surface area contributed by atoms with Crippen molar-refractivity contribution in [3.8, 4) is 5.88 Å². The van der Waals surface area contributed by atoms with E-state index in [1.807, 2.05) is 31.2 Å². The van der Waals surface area contributed by atoms with Gasteiger partial charge in [0.15, 0.2) is 0 Å². The van der Waals surface area contributed by atoms with Crippen molar-refractivity contribution in [3.63, 3.8) is 0 Å². The molecule has 1 aromatic carbocycles. The smallest absolute Gasteiger partial charge is 0.230 e. The Morgan fingerprint density at radius 3 is 2.78 bits per heavy atom. The first-order valence-electron chi connectivity index (χ1n) is 5.53. The summed E-state index contributed by atoms with van der Waals surface area (Å²) in [7, 11) is 1.58. The number of para-hydroxylation sites is 1. The first-order chi connectivity index (χ1) is 8.72. The van der Waals surface area contributed by atoms with Crippen LogP contribution in [0, 0.1) is 6.92 Å². The van der Waals surface area contributed by atoms with Crippen molar-refractivity contribution in [1.29, 1.82) is 0 Å². The Labute approximate surface area is 111 Å². The summed E-state index contributed by atoms with van der Waals surface area (Å²) in [6.45, 7) is 1.89. The van der Waals surface area contributed by atoms with Crippen molar-refractivity contribution in [2.75, 3.05) is 12.4 Å². The predicted octanol–water partition coefficient (Wildman–Crippen LogP) is 3.28. The van der Waals surface area contributed by atoms with E-state index < -0.39 is 0 Å². The van der Waals surface area contributed by atoms with Crippen molar-refractivity contribution < 1.29 is 4.74 Å². The first-order valence-corrected chi connectivity index (χ1v) is 6.07. The summed E-state index contributed by atoms with van der Waals surface area (Å²) < 4.78 is 5.11. The van der Waals surface area contributed by atoms with Gasteiger partial charge in [-0.3, -0.25) is 0 Å². The summed E-state index contributed by atoms with van der Waals surface area (Å²) in [6.07, 6.45) is 0. The van der Waals surface area contributed by atoms with Gasteiger partial charge in [0.1, 0.15) is 0 Å². The maximum atomic E-state index is 5.88. The zero-order chi connectivity index (χ0) is 13.0. The number of rotatable bonds is 4. The number of nitrogens with zero attached hydrogens (tertiary/aromatic N) is 2. The average Bonchev–Trinajstić information content (AvgIpc) is 2.38. The molecule has 0 saturated heterocycles. The molecule has 1 aromatic heterocycles. The van der Waals surface area contributed by atoms with Gasteiger partial charge in [0.25, 0.3) is 0 Å². The lowest BCUT2D eigenvalue weighted by Crippen LogP contribution is -2.02. The summed E-state index contributed by atoms with van der Waals surface area (Å²) in [5.74, 6) is 1.48. The predicted molar refractivity (Wildman–Crippen MR) is 72.6 cm³/mol. The molecule has 18 heavy (non-hydrogen) atoms. The SMILES string of the molecule is COc1cc(C)nc(Nc2ccccc2CCl)n1. The topological polar surface area (TPSA) is 47.0 Å². The fourth-order valence-corrected chi connectivity index (χ4v) is 1.81. The number of nitrogens with one attached hydrogen (secondary N) is 1. The second-order valence-corrected chi connectivity index (χ2v) is 4.06. The molecular weight excluding hydrogens is 250 g/mol. The molecule has 94 valence electrons. The highest BCUT2D eigenvalue weighted by Gasteiger charge is 2.05. The Bertz CT molecular complexity index is 546. The molecule has 2 aromatic rings. The highest BCUT2D eigenvalue weighted by molar-refractivity contribution is 6.17. The second-order valence-electron chi connectivity index (χ2n) is 3.79. The fraction of sp³-hybridized carbons (Fsp3) is 0.231. The zero-order valence-electron chi connectivity index (χ0n) is 10.3. The Hall–Kier alpha value is -1.81. The highest BCUT2D eigenvalue weighted by Crippen LogP contribution is 2.21. The number of methoxy groups -OCH3 is 1. The van der Waals surface area contributed by atoms with E-state index in [4.69, 9.17) is 16.3 Å². The minimum atomic E-state index is 0.437. The van der Waals surface area contributed by atoms with E-state index in [0.29, 0.717) is 17.7 Å². The van der Waals surface area contributed by atoms with Crippen molar-refractivity contribution in [1.82, 2.24) is 9.97 Å². The van der Waals surface area contributed by atoms with Crippen LogP contribution in [0.2, 0.25) is 0 Å². The van der Waals surface area contributed by atoms with E-state index in [0.717, 1.165) is 16.9 Å². The van der Waals surface area contributed by atoms with Gasteiger partial charge in [0.05, 0.1) is 7.11 Å². The third kappa shape index (κ3) is 2.90. The number of hydrogen-bond donors (Lipinski definition) is 1. The summed E-state index contributed by atoms with van der Waals surface area (Å²) in [5.41, 5.74) is 2.75. The molecule has 4 nitrogen and oxygen atoms in total. The standard InChI is InChI=1S/C13H14ClN3O/c1-9-7-12(18-2)17-13(15-9)16-11-6-4-3-5-10(11)8-14/h3-7H,8H2,1-2H3,(H,15,16,17). The molecule has 1 heterocycles. The maximum absolute atomic E-state index is 5.88. The Kier molecular flexibility index (Phi) is 3.99. The number of aromatic nitrogens is 2. The quantitative estimate of drug-likeness (QED) is 0.860. The molecule has 0 amide bonds. The minimum Gasteiger partial charge on any atom is -0.481 e. The van der Waals surface area contributed by atoms with E-state index in [-0.39, 0.29) is 0 Å². The van der Waals surface area contributed by atoms with Gasteiger partial charge < -0.3 is 10.1 Å². The molecule has 0 radical (unpaired) electrons. The molecule has 0 saturated carbocycles. The molecule has 2 rings (SSSR count). The second kappa shape index (κ2) is 5.69. The summed E-state index contributed by atoms with van der Waals surface area (Å²) in [4.78, 5) is 8.54. The minimum absolute atomic E-state index is 0.437. The molecule has 0 atom stereocenters. The largest absolute Gasteiger partial charge is 0.481 e. The lowest BCUT2D eigenvalue weighted by molar-refractivity contribution is 0.397. The van der Waals surface area contributed by atoms with Crippen molar-refractivity contribution in [2.24, 2.45) is 0 Å². The Morgan fingerprint density at radius 1 is 1.28 bits per heavy atom. The van der Waals surface area contributed by atoms with E-state index in [2.05, 4.69) is 15.3 Å². The van der Waals surface area contributed by atoms with E-state index >= 15 is 0 Å². The number of benzene rings is 1. The lowest BCUT2D eigenvalue weighted by Gasteiger charge is -2.10. The van der Waals surface area contributed by atoms with Crippen molar-refractivity contribution in [2.45, 2.75) is 12.8 Å². The number of hydrogen-bond acceptors (Lipinski definition) is 4. The molecule has 5 heteroatoms. The number of anilines is 2. The van der Waals surface area contributed by atoms with Crippen LogP contribution in [0.5, 0.6) is 5.88 Å². The van der Waals surface area contributed by atoms with E-state index in [1.54, 1.807) is 13.2 Å². The third-order valence-corrected chi connectivity index (χ3v) is 2.74. The van der Waals surface area contributed by atoms with Gasteiger partial charge in [0, 0.05) is 23.3 Å². The number of aryl methyl sites for hydroxylation is 1. The van der Waals surface area contributed by atoms with Crippen LogP contribution in [-0.4, -0.2) is 17.1 Å². The maximum Gasteiger partial charge on any atom is 0.230 e. The Balaban J connectivity index is 2.30. The van der Waals surface area contributed by atoms with Crippen LogP contribution in [0.15, 0.2) is 30.3 Å². The van der Waals surface area contributed by atoms with Gasteiger partial charge in [-0.1, -0.05) is 18.2 Å². The molecule has 0 bridgehead atoms.